The lowest BCUT2D eigenvalue weighted by atomic mass is 9.89. The van der Waals surface area contributed by atoms with Crippen LogP contribution in [0.2, 0.25) is 0 Å². The number of unbranched alkanes of at least 4 members (excludes halogenated alkanes) is 10. The van der Waals surface area contributed by atoms with Crippen molar-refractivity contribution in [1.29, 1.82) is 0 Å². The molecular formula is C21H38O5. The largest absolute Gasteiger partial charge is 0.481 e. The Kier molecular flexibility index (Phi) is 11.6. The fourth-order valence-corrected chi connectivity index (χ4v) is 3.79. The average molecular weight is 371 g/mol. The topological polar surface area (TPSA) is 83.8 Å². The highest BCUT2D eigenvalue weighted by Crippen LogP contribution is 2.31. The van der Waals surface area contributed by atoms with Crippen molar-refractivity contribution in [3.63, 3.8) is 0 Å². The molecule has 5 nitrogen and oxygen atoms in total. The summed E-state index contributed by atoms with van der Waals surface area (Å²) in [5.74, 6) is -2.49. The van der Waals surface area contributed by atoms with Gasteiger partial charge in [-0.05, 0) is 26.2 Å². The summed E-state index contributed by atoms with van der Waals surface area (Å²) in [5.41, 5.74) is 0. The van der Waals surface area contributed by atoms with Crippen LogP contribution < -0.4 is 0 Å². The van der Waals surface area contributed by atoms with Crippen molar-refractivity contribution in [1.82, 2.24) is 0 Å². The summed E-state index contributed by atoms with van der Waals surface area (Å²) < 4.78 is 5.23. The van der Waals surface area contributed by atoms with Gasteiger partial charge >= 0.3 is 11.9 Å². The second-order valence-electron chi connectivity index (χ2n) is 7.94. The maximum atomic E-state index is 11.6. The van der Waals surface area contributed by atoms with Crippen LogP contribution in [0, 0.1) is 11.8 Å². The monoisotopic (exact) mass is 370 g/mol. The number of hydrogen-bond donors (Lipinski definition) is 2. The van der Waals surface area contributed by atoms with E-state index in [1.54, 1.807) is 6.92 Å². The number of aliphatic hydroxyl groups excluding tert-OH is 1. The number of hydrogen-bond acceptors (Lipinski definition) is 4. The van der Waals surface area contributed by atoms with E-state index in [2.05, 4.69) is 0 Å². The van der Waals surface area contributed by atoms with Gasteiger partial charge in [-0.15, -0.1) is 0 Å². The van der Waals surface area contributed by atoms with Gasteiger partial charge < -0.3 is 14.9 Å². The fourth-order valence-electron chi connectivity index (χ4n) is 3.79. The molecule has 4 atom stereocenters. The van der Waals surface area contributed by atoms with Crippen LogP contribution in [0.15, 0.2) is 0 Å². The molecule has 0 bridgehead atoms. The molecule has 0 amide bonds. The van der Waals surface area contributed by atoms with Crippen LogP contribution in [-0.4, -0.2) is 34.4 Å². The van der Waals surface area contributed by atoms with Crippen LogP contribution in [0.1, 0.15) is 97.3 Å². The standard InChI is InChI=1S/C21H38O5/c1-16(22)14-12-10-8-6-4-3-5-7-9-11-13-15-18-19(20(23)24)17(2)21(25)26-18/h16-19,22H,3-15H2,1-2H3,(H,23,24). The molecule has 0 aromatic carbocycles. The highest BCUT2D eigenvalue weighted by Gasteiger charge is 2.45. The second-order valence-corrected chi connectivity index (χ2v) is 7.94. The normalized spacial score (nSPS) is 23.8. The number of carboxylic acid groups (broad SMARTS) is 1. The Morgan fingerprint density at radius 2 is 1.42 bits per heavy atom. The third-order valence-corrected chi connectivity index (χ3v) is 5.47. The van der Waals surface area contributed by atoms with E-state index in [4.69, 9.17) is 4.74 Å². The zero-order valence-electron chi connectivity index (χ0n) is 16.6. The third-order valence-electron chi connectivity index (χ3n) is 5.47. The quantitative estimate of drug-likeness (QED) is 0.322. The first-order chi connectivity index (χ1) is 12.4. The molecule has 1 saturated heterocycles. The van der Waals surface area contributed by atoms with Gasteiger partial charge in [-0.3, -0.25) is 9.59 Å². The zero-order valence-corrected chi connectivity index (χ0v) is 16.6. The smallest absolute Gasteiger partial charge is 0.311 e. The minimum Gasteiger partial charge on any atom is -0.481 e. The summed E-state index contributed by atoms with van der Waals surface area (Å²) in [7, 11) is 0. The van der Waals surface area contributed by atoms with Gasteiger partial charge in [-0.1, -0.05) is 71.1 Å². The molecule has 1 aliphatic heterocycles. The summed E-state index contributed by atoms with van der Waals surface area (Å²) in [6.07, 6.45) is 14.2. The van der Waals surface area contributed by atoms with E-state index in [1.807, 2.05) is 6.92 Å². The molecule has 152 valence electrons. The Balaban J connectivity index is 1.92. The van der Waals surface area contributed by atoms with Gasteiger partial charge in [0.05, 0.1) is 12.0 Å². The summed E-state index contributed by atoms with van der Waals surface area (Å²) in [6, 6.07) is 0. The Hall–Kier alpha value is -1.10. The Morgan fingerprint density at radius 1 is 0.962 bits per heavy atom. The minimum atomic E-state index is -0.917. The van der Waals surface area contributed by atoms with Crippen molar-refractivity contribution in [2.45, 2.75) is 110 Å². The molecule has 5 heteroatoms. The number of rotatable bonds is 15. The van der Waals surface area contributed by atoms with Gasteiger partial charge in [0.15, 0.2) is 0 Å². The van der Waals surface area contributed by atoms with Crippen LogP contribution in [0.4, 0.5) is 0 Å². The lowest BCUT2D eigenvalue weighted by Gasteiger charge is -2.15. The minimum absolute atomic E-state index is 0.158. The van der Waals surface area contributed by atoms with Gasteiger partial charge in [0, 0.05) is 0 Å². The molecule has 0 aromatic heterocycles. The van der Waals surface area contributed by atoms with Crippen molar-refractivity contribution in [2.24, 2.45) is 11.8 Å². The zero-order chi connectivity index (χ0) is 19.4. The van der Waals surface area contributed by atoms with Crippen molar-refractivity contribution < 1.29 is 24.5 Å². The SMILES string of the molecule is CC(O)CCCCCCCCCCCCCC1OC(=O)C(C)C1C(=O)O. The number of carbonyl (C=O) groups excluding carboxylic acids is 1. The Morgan fingerprint density at radius 3 is 1.88 bits per heavy atom. The molecule has 1 heterocycles. The molecule has 26 heavy (non-hydrogen) atoms. The third kappa shape index (κ3) is 9.02. The number of carboxylic acids is 1. The number of ether oxygens (including phenoxy) is 1. The lowest BCUT2D eigenvalue weighted by Crippen LogP contribution is -2.27. The van der Waals surface area contributed by atoms with Crippen molar-refractivity contribution >= 4 is 11.9 Å². The molecule has 1 fully saturated rings. The highest BCUT2D eigenvalue weighted by molar-refractivity contribution is 5.84. The summed E-state index contributed by atoms with van der Waals surface area (Å²) in [4.78, 5) is 22.8. The van der Waals surface area contributed by atoms with Crippen LogP contribution in [0.25, 0.3) is 0 Å². The fraction of sp³-hybridized carbons (Fsp3) is 0.905. The van der Waals surface area contributed by atoms with E-state index in [9.17, 15) is 19.8 Å². The van der Waals surface area contributed by atoms with Gasteiger partial charge in [-0.25, -0.2) is 0 Å². The highest BCUT2D eigenvalue weighted by atomic mass is 16.6. The van der Waals surface area contributed by atoms with E-state index in [0.29, 0.717) is 6.42 Å². The van der Waals surface area contributed by atoms with E-state index >= 15 is 0 Å². The summed E-state index contributed by atoms with van der Waals surface area (Å²) in [6.45, 7) is 3.50. The van der Waals surface area contributed by atoms with Gasteiger partial charge in [0.25, 0.3) is 0 Å². The van der Waals surface area contributed by atoms with Gasteiger partial charge in [-0.2, -0.15) is 0 Å². The number of carbonyl (C=O) groups is 2. The first-order valence-electron chi connectivity index (χ1n) is 10.5. The molecular weight excluding hydrogens is 332 g/mol. The second kappa shape index (κ2) is 13.1. The molecule has 2 N–H and O–H groups in total. The number of cyclic esters (lactones) is 1. The van der Waals surface area contributed by atoms with Crippen LogP contribution in [0.5, 0.6) is 0 Å². The maximum Gasteiger partial charge on any atom is 0.311 e. The molecule has 0 spiro atoms. The molecule has 0 radical (unpaired) electrons. The average Bonchev–Trinajstić information content (AvgIpc) is 2.86. The van der Waals surface area contributed by atoms with Crippen LogP contribution in [-0.2, 0) is 14.3 Å². The first kappa shape index (κ1) is 22.9. The molecule has 1 rings (SSSR count). The lowest BCUT2D eigenvalue weighted by molar-refractivity contribution is -0.144. The summed E-state index contributed by atoms with van der Waals surface area (Å²) >= 11 is 0. The van der Waals surface area contributed by atoms with Gasteiger partial charge in [0.2, 0.25) is 0 Å². The van der Waals surface area contributed by atoms with E-state index in [-0.39, 0.29) is 12.1 Å². The first-order valence-corrected chi connectivity index (χ1v) is 10.5. The van der Waals surface area contributed by atoms with E-state index < -0.39 is 23.9 Å². The van der Waals surface area contributed by atoms with Crippen LogP contribution >= 0.6 is 0 Å². The number of aliphatic hydroxyl groups is 1. The number of esters is 1. The van der Waals surface area contributed by atoms with Crippen molar-refractivity contribution in [3.8, 4) is 0 Å². The molecule has 1 aliphatic rings. The van der Waals surface area contributed by atoms with Crippen molar-refractivity contribution in [2.75, 3.05) is 0 Å². The summed E-state index contributed by atoms with van der Waals surface area (Å²) in [5, 5.41) is 18.4. The Bertz CT molecular complexity index is 407. The van der Waals surface area contributed by atoms with E-state index in [0.717, 1.165) is 25.7 Å². The van der Waals surface area contributed by atoms with Crippen LogP contribution in [0.3, 0.4) is 0 Å². The molecule has 0 aromatic rings. The number of aliphatic carboxylic acids is 1. The van der Waals surface area contributed by atoms with Crippen molar-refractivity contribution in [3.05, 3.63) is 0 Å². The maximum absolute atomic E-state index is 11.6. The molecule has 4 unspecified atom stereocenters. The predicted molar refractivity (Wildman–Crippen MR) is 102 cm³/mol. The molecule has 0 aliphatic carbocycles. The Labute approximate surface area is 158 Å². The molecule has 0 saturated carbocycles. The predicted octanol–water partition coefficient (Wildman–Crippen LogP) is 4.70. The van der Waals surface area contributed by atoms with Gasteiger partial charge in [0.1, 0.15) is 12.0 Å². The van der Waals surface area contributed by atoms with E-state index in [1.165, 1.54) is 51.4 Å².